The molecular weight excluding hydrogens is 316 g/mol. The zero-order valence-corrected chi connectivity index (χ0v) is 14.0. The van der Waals surface area contributed by atoms with Crippen molar-refractivity contribution in [3.63, 3.8) is 0 Å². The minimum absolute atomic E-state index is 0.121. The molecule has 128 valence electrons. The molecule has 5 heteroatoms. The van der Waals surface area contributed by atoms with Gasteiger partial charge in [-0.05, 0) is 48.7 Å². The summed E-state index contributed by atoms with van der Waals surface area (Å²) in [5, 5.41) is 12.1. The number of para-hydroxylation sites is 1. The molecule has 2 aromatic rings. The second-order valence-corrected chi connectivity index (χ2v) is 6.03. The van der Waals surface area contributed by atoms with Crippen molar-refractivity contribution in [2.24, 2.45) is 0 Å². The van der Waals surface area contributed by atoms with Crippen molar-refractivity contribution in [3.8, 4) is 5.75 Å². The minimum Gasteiger partial charge on any atom is -0.508 e. The number of rotatable bonds is 4. The van der Waals surface area contributed by atoms with E-state index >= 15 is 0 Å². The number of aromatic hydroxyl groups is 1. The van der Waals surface area contributed by atoms with E-state index in [9.17, 15) is 14.7 Å². The SMILES string of the molecule is CC(NC(=O)C=Cc1cccc(O)c1)C(=O)N1CCc2ccccc21. The number of amides is 2. The van der Waals surface area contributed by atoms with Crippen LogP contribution in [0.15, 0.2) is 54.6 Å². The lowest BCUT2D eigenvalue weighted by atomic mass is 10.2. The smallest absolute Gasteiger partial charge is 0.249 e. The van der Waals surface area contributed by atoms with Crippen molar-refractivity contribution in [3.05, 3.63) is 65.7 Å². The lowest BCUT2D eigenvalue weighted by molar-refractivity contribution is -0.124. The van der Waals surface area contributed by atoms with Crippen molar-refractivity contribution >= 4 is 23.6 Å². The third-order valence-corrected chi connectivity index (χ3v) is 4.18. The van der Waals surface area contributed by atoms with E-state index in [1.165, 1.54) is 6.08 Å². The summed E-state index contributed by atoms with van der Waals surface area (Å²) in [6.07, 6.45) is 3.79. The first-order valence-electron chi connectivity index (χ1n) is 8.21. The van der Waals surface area contributed by atoms with Gasteiger partial charge in [0, 0.05) is 18.3 Å². The van der Waals surface area contributed by atoms with Crippen molar-refractivity contribution in [1.29, 1.82) is 0 Å². The molecule has 0 spiro atoms. The Bertz CT molecular complexity index is 829. The van der Waals surface area contributed by atoms with Crippen molar-refractivity contribution < 1.29 is 14.7 Å². The molecule has 0 aromatic heterocycles. The van der Waals surface area contributed by atoms with Crippen LogP contribution in [0.3, 0.4) is 0 Å². The largest absolute Gasteiger partial charge is 0.508 e. The third-order valence-electron chi connectivity index (χ3n) is 4.18. The Morgan fingerprint density at radius 2 is 2.00 bits per heavy atom. The van der Waals surface area contributed by atoms with Crippen LogP contribution in [-0.2, 0) is 16.0 Å². The summed E-state index contributed by atoms with van der Waals surface area (Å²) < 4.78 is 0. The highest BCUT2D eigenvalue weighted by molar-refractivity contribution is 6.02. The van der Waals surface area contributed by atoms with Gasteiger partial charge in [0.05, 0.1) is 0 Å². The van der Waals surface area contributed by atoms with Gasteiger partial charge in [-0.2, -0.15) is 0 Å². The standard InChI is InChI=1S/C20H20N2O3/c1-14(20(25)22-12-11-16-6-2-3-8-18(16)22)21-19(24)10-9-15-5-4-7-17(23)13-15/h2-10,13-14,23H,11-12H2,1H3,(H,21,24). The highest BCUT2D eigenvalue weighted by atomic mass is 16.3. The summed E-state index contributed by atoms with van der Waals surface area (Å²) in [6, 6.07) is 13.8. The quantitative estimate of drug-likeness (QED) is 0.843. The van der Waals surface area contributed by atoms with Crippen molar-refractivity contribution in [1.82, 2.24) is 5.32 Å². The molecule has 0 saturated heterocycles. The second kappa shape index (κ2) is 7.21. The van der Waals surface area contributed by atoms with Gasteiger partial charge in [-0.25, -0.2) is 0 Å². The summed E-state index contributed by atoms with van der Waals surface area (Å²) in [5.41, 5.74) is 2.78. The Morgan fingerprint density at radius 1 is 1.20 bits per heavy atom. The van der Waals surface area contributed by atoms with E-state index < -0.39 is 6.04 Å². The monoisotopic (exact) mass is 336 g/mol. The Balaban J connectivity index is 1.61. The average molecular weight is 336 g/mol. The molecule has 2 amide bonds. The van der Waals surface area contributed by atoms with Crippen LogP contribution in [0, 0.1) is 0 Å². The van der Waals surface area contributed by atoms with Crippen LogP contribution in [0.5, 0.6) is 5.75 Å². The molecule has 1 unspecified atom stereocenters. The van der Waals surface area contributed by atoms with Crippen LogP contribution in [-0.4, -0.2) is 29.5 Å². The molecule has 0 fully saturated rings. The summed E-state index contributed by atoms with van der Waals surface area (Å²) in [7, 11) is 0. The van der Waals surface area contributed by atoms with Gasteiger partial charge in [0.2, 0.25) is 11.8 Å². The van der Waals surface area contributed by atoms with Crippen LogP contribution >= 0.6 is 0 Å². The molecule has 0 radical (unpaired) electrons. The summed E-state index contributed by atoms with van der Waals surface area (Å²) >= 11 is 0. The van der Waals surface area contributed by atoms with Crippen LogP contribution in [0.25, 0.3) is 6.08 Å². The van der Waals surface area contributed by atoms with Crippen LogP contribution in [0.2, 0.25) is 0 Å². The average Bonchev–Trinajstić information content (AvgIpc) is 3.03. The number of nitrogens with one attached hydrogen (secondary N) is 1. The lowest BCUT2D eigenvalue weighted by Gasteiger charge is -2.22. The number of hydrogen-bond donors (Lipinski definition) is 2. The topological polar surface area (TPSA) is 69.6 Å². The number of anilines is 1. The Morgan fingerprint density at radius 3 is 2.80 bits per heavy atom. The third kappa shape index (κ3) is 3.88. The lowest BCUT2D eigenvalue weighted by Crippen LogP contribution is -2.46. The van der Waals surface area contributed by atoms with E-state index in [4.69, 9.17) is 0 Å². The van der Waals surface area contributed by atoms with Gasteiger partial charge < -0.3 is 15.3 Å². The summed E-state index contributed by atoms with van der Waals surface area (Å²) in [6.45, 7) is 2.32. The Labute approximate surface area is 146 Å². The van der Waals surface area contributed by atoms with E-state index in [0.717, 1.165) is 17.7 Å². The van der Waals surface area contributed by atoms with Gasteiger partial charge in [0.1, 0.15) is 11.8 Å². The molecule has 0 aliphatic carbocycles. The summed E-state index contributed by atoms with van der Waals surface area (Å²) in [4.78, 5) is 26.4. The predicted octanol–water partition coefficient (Wildman–Crippen LogP) is 2.50. The summed E-state index contributed by atoms with van der Waals surface area (Å²) in [5.74, 6) is -0.334. The number of phenols is 1. The zero-order valence-electron chi connectivity index (χ0n) is 14.0. The first-order chi connectivity index (χ1) is 12.0. The number of nitrogens with zero attached hydrogens (tertiary/aromatic N) is 1. The van der Waals surface area contributed by atoms with Gasteiger partial charge in [0.15, 0.2) is 0 Å². The number of carbonyl (C=O) groups is 2. The molecule has 25 heavy (non-hydrogen) atoms. The van der Waals surface area contributed by atoms with Gasteiger partial charge in [-0.3, -0.25) is 9.59 Å². The van der Waals surface area contributed by atoms with Crippen molar-refractivity contribution in [2.45, 2.75) is 19.4 Å². The molecule has 1 atom stereocenters. The fourth-order valence-corrected chi connectivity index (χ4v) is 2.92. The molecule has 5 nitrogen and oxygen atoms in total. The number of phenolic OH excluding ortho intramolecular Hbond substituents is 1. The first kappa shape index (κ1) is 16.8. The van der Waals surface area contributed by atoms with Gasteiger partial charge in [0.25, 0.3) is 0 Å². The van der Waals surface area contributed by atoms with E-state index in [1.54, 1.807) is 42.2 Å². The van der Waals surface area contributed by atoms with E-state index in [2.05, 4.69) is 5.32 Å². The normalized spacial score (nSPS) is 14.4. The molecule has 0 saturated carbocycles. The van der Waals surface area contributed by atoms with E-state index in [1.807, 2.05) is 24.3 Å². The zero-order chi connectivity index (χ0) is 17.8. The maximum absolute atomic E-state index is 12.6. The molecule has 2 N–H and O–H groups in total. The fourth-order valence-electron chi connectivity index (χ4n) is 2.92. The molecule has 1 aliphatic rings. The molecule has 2 aromatic carbocycles. The first-order valence-corrected chi connectivity index (χ1v) is 8.21. The highest BCUT2D eigenvalue weighted by Gasteiger charge is 2.28. The molecule has 0 bridgehead atoms. The van der Waals surface area contributed by atoms with Gasteiger partial charge >= 0.3 is 0 Å². The Hall–Kier alpha value is -3.08. The number of hydrogen-bond acceptors (Lipinski definition) is 3. The molecular formula is C20H20N2O3. The van der Waals surface area contributed by atoms with E-state index in [-0.39, 0.29) is 17.6 Å². The van der Waals surface area contributed by atoms with Gasteiger partial charge in [-0.15, -0.1) is 0 Å². The number of carbonyl (C=O) groups excluding carboxylic acids is 2. The minimum atomic E-state index is -0.618. The van der Waals surface area contributed by atoms with Gasteiger partial charge in [-0.1, -0.05) is 30.3 Å². The number of benzene rings is 2. The molecule has 1 heterocycles. The second-order valence-electron chi connectivity index (χ2n) is 6.03. The molecule has 3 rings (SSSR count). The molecule has 1 aliphatic heterocycles. The number of fused-ring (bicyclic) bond motifs is 1. The predicted molar refractivity (Wildman–Crippen MR) is 97.2 cm³/mol. The van der Waals surface area contributed by atoms with E-state index in [0.29, 0.717) is 12.1 Å². The maximum Gasteiger partial charge on any atom is 0.249 e. The Kier molecular flexibility index (Phi) is 4.84. The van der Waals surface area contributed by atoms with Crippen LogP contribution in [0.4, 0.5) is 5.69 Å². The fraction of sp³-hybridized carbons (Fsp3) is 0.200. The van der Waals surface area contributed by atoms with Crippen molar-refractivity contribution in [2.75, 3.05) is 11.4 Å². The maximum atomic E-state index is 12.6. The van der Waals surface area contributed by atoms with Crippen LogP contribution < -0.4 is 10.2 Å². The van der Waals surface area contributed by atoms with Crippen LogP contribution in [0.1, 0.15) is 18.1 Å². The highest BCUT2D eigenvalue weighted by Crippen LogP contribution is 2.27.